The van der Waals surface area contributed by atoms with Gasteiger partial charge in [-0.25, -0.2) is 0 Å². The van der Waals surface area contributed by atoms with Gasteiger partial charge in [0.15, 0.2) is 0 Å². The molecule has 16 heavy (non-hydrogen) atoms. The Hall–Kier alpha value is -0.420. The molecule has 88 valence electrons. The van der Waals surface area contributed by atoms with E-state index in [1.807, 2.05) is 12.1 Å². The van der Waals surface area contributed by atoms with Crippen molar-refractivity contribution >= 4 is 15.9 Å². The Morgan fingerprint density at radius 3 is 2.62 bits per heavy atom. The van der Waals surface area contributed by atoms with Gasteiger partial charge in [0.1, 0.15) is 0 Å². The predicted molar refractivity (Wildman–Crippen MR) is 68.1 cm³/mol. The number of likely N-dealkylation sites (tertiary alicyclic amines) is 1. The summed E-state index contributed by atoms with van der Waals surface area (Å²) in [5, 5.41) is 9.55. The minimum Gasteiger partial charge on any atom is -0.392 e. The number of nitrogens with zero attached hydrogens (tertiary/aromatic N) is 1. The van der Waals surface area contributed by atoms with Gasteiger partial charge in [0, 0.05) is 30.1 Å². The first kappa shape index (κ1) is 12.0. The molecule has 3 nitrogen and oxygen atoms in total. The van der Waals surface area contributed by atoms with E-state index in [1.165, 1.54) is 5.56 Å². The molecule has 2 atom stereocenters. The van der Waals surface area contributed by atoms with Crippen molar-refractivity contribution in [2.24, 2.45) is 5.73 Å². The number of hydrogen-bond acceptors (Lipinski definition) is 3. The highest BCUT2D eigenvalue weighted by atomic mass is 79.9. The molecule has 1 aliphatic heterocycles. The maximum atomic E-state index is 9.55. The van der Waals surface area contributed by atoms with Gasteiger partial charge >= 0.3 is 0 Å². The van der Waals surface area contributed by atoms with Crippen LogP contribution in [-0.4, -0.2) is 35.7 Å². The molecule has 3 N–H and O–H groups in total. The fourth-order valence-electron chi connectivity index (χ4n) is 2.23. The molecule has 1 saturated heterocycles. The summed E-state index contributed by atoms with van der Waals surface area (Å²) in [4.78, 5) is 2.26. The van der Waals surface area contributed by atoms with Crippen molar-refractivity contribution in [1.29, 1.82) is 0 Å². The fourth-order valence-corrected chi connectivity index (χ4v) is 2.50. The van der Waals surface area contributed by atoms with E-state index in [9.17, 15) is 5.11 Å². The van der Waals surface area contributed by atoms with Crippen molar-refractivity contribution in [2.45, 2.75) is 18.6 Å². The van der Waals surface area contributed by atoms with Crippen LogP contribution in [-0.2, 0) is 0 Å². The van der Waals surface area contributed by atoms with Gasteiger partial charge in [-0.2, -0.15) is 0 Å². The maximum absolute atomic E-state index is 9.55. The van der Waals surface area contributed by atoms with E-state index >= 15 is 0 Å². The molecule has 2 rings (SSSR count). The zero-order valence-corrected chi connectivity index (χ0v) is 10.7. The summed E-state index contributed by atoms with van der Waals surface area (Å²) in [6.45, 7) is 2.26. The fraction of sp³-hybridized carbons (Fsp3) is 0.500. The summed E-state index contributed by atoms with van der Waals surface area (Å²) in [5.41, 5.74) is 7.06. The molecule has 4 heteroatoms. The summed E-state index contributed by atoms with van der Waals surface area (Å²) >= 11 is 3.42. The zero-order valence-electron chi connectivity index (χ0n) is 9.14. The van der Waals surface area contributed by atoms with Crippen molar-refractivity contribution in [1.82, 2.24) is 4.90 Å². The Kier molecular flexibility index (Phi) is 3.97. The summed E-state index contributed by atoms with van der Waals surface area (Å²) in [6.07, 6.45) is 0.664. The second-order valence-corrected chi connectivity index (χ2v) is 5.16. The van der Waals surface area contributed by atoms with E-state index in [4.69, 9.17) is 5.73 Å². The highest BCUT2D eigenvalue weighted by Crippen LogP contribution is 2.25. The van der Waals surface area contributed by atoms with E-state index in [0.29, 0.717) is 6.54 Å². The Morgan fingerprint density at radius 2 is 2.12 bits per heavy atom. The van der Waals surface area contributed by atoms with Crippen molar-refractivity contribution < 1.29 is 5.11 Å². The molecular weight excluding hydrogens is 268 g/mol. The van der Waals surface area contributed by atoms with E-state index in [0.717, 1.165) is 24.0 Å². The van der Waals surface area contributed by atoms with Crippen molar-refractivity contribution in [3.8, 4) is 0 Å². The third kappa shape index (κ3) is 2.63. The molecule has 0 aliphatic carbocycles. The Labute approximate surface area is 104 Å². The number of rotatable bonds is 3. The van der Waals surface area contributed by atoms with Gasteiger partial charge in [-0.3, -0.25) is 4.90 Å². The number of β-amino-alcohol motifs (C(OH)–C–C–N with tert-alkyl or cyclic N) is 1. The van der Waals surface area contributed by atoms with E-state index in [-0.39, 0.29) is 12.1 Å². The number of halogens is 1. The standard InChI is InChI=1S/C12H17BrN2O/c13-10-3-1-9(2-4-10)12(7-14)15-6-5-11(16)8-15/h1-4,11-12,16H,5-8,14H2. The monoisotopic (exact) mass is 284 g/mol. The van der Waals surface area contributed by atoms with Crippen LogP contribution >= 0.6 is 15.9 Å². The van der Waals surface area contributed by atoms with Crippen LogP contribution in [0, 0.1) is 0 Å². The van der Waals surface area contributed by atoms with E-state index < -0.39 is 0 Å². The third-order valence-corrected chi connectivity index (χ3v) is 3.64. The molecule has 0 bridgehead atoms. The van der Waals surface area contributed by atoms with Crippen molar-refractivity contribution in [3.05, 3.63) is 34.3 Å². The summed E-state index contributed by atoms with van der Waals surface area (Å²) in [7, 11) is 0. The number of aliphatic hydroxyl groups excluding tert-OH is 1. The molecule has 1 aromatic rings. The van der Waals surface area contributed by atoms with Crippen LogP contribution in [0.2, 0.25) is 0 Å². The minimum atomic E-state index is -0.190. The molecule has 1 aromatic carbocycles. The molecule has 0 radical (unpaired) electrons. The van der Waals surface area contributed by atoms with Gasteiger partial charge in [-0.05, 0) is 24.1 Å². The van der Waals surface area contributed by atoms with Crippen molar-refractivity contribution in [2.75, 3.05) is 19.6 Å². The van der Waals surface area contributed by atoms with Crippen LogP contribution in [0.5, 0.6) is 0 Å². The van der Waals surface area contributed by atoms with Gasteiger partial charge in [0.05, 0.1) is 6.10 Å². The normalized spacial score (nSPS) is 23.6. The molecule has 0 saturated carbocycles. The predicted octanol–water partition coefficient (Wildman–Crippen LogP) is 1.52. The van der Waals surface area contributed by atoms with Crippen LogP contribution < -0.4 is 5.73 Å². The molecule has 1 aliphatic rings. The number of hydrogen-bond donors (Lipinski definition) is 2. The van der Waals surface area contributed by atoms with E-state index in [2.05, 4.69) is 33.0 Å². The van der Waals surface area contributed by atoms with Gasteiger partial charge in [-0.15, -0.1) is 0 Å². The molecule has 0 amide bonds. The number of benzene rings is 1. The first-order valence-corrected chi connectivity index (χ1v) is 6.37. The molecule has 1 heterocycles. The summed E-state index contributed by atoms with van der Waals surface area (Å²) in [5.74, 6) is 0. The summed E-state index contributed by atoms with van der Waals surface area (Å²) < 4.78 is 1.08. The maximum Gasteiger partial charge on any atom is 0.0679 e. The molecule has 2 unspecified atom stereocenters. The molecule has 0 aromatic heterocycles. The first-order valence-electron chi connectivity index (χ1n) is 5.58. The lowest BCUT2D eigenvalue weighted by atomic mass is 10.1. The third-order valence-electron chi connectivity index (χ3n) is 3.11. The van der Waals surface area contributed by atoms with Gasteiger partial charge in [0.25, 0.3) is 0 Å². The Morgan fingerprint density at radius 1 is 1.44 bits per heavy atom. The molecule has 1 fully saturated rings. The average molecular weight is 285 g/mol. The second kappa shape index (κ2) is 5.27. The van der Waals surface area contributed by atoms with Crippen LogP contribution in [0.4, 0.5) is 0 Å². The SMILES string of the molecule is NCC(c1ccc(Br)cc1)N1CCC(O)C1. The van der Waals surface area contributed by atoms with Crippen molar-refractivity contribution in [3.63, 3.8) is 0 Å². The first-order chi connectivity index (χ1) is 7.70. The van der Waals surface area contributed by atoms with Gasteiger partial charge in [0.2, 0.25) is 0 Å². The van der Waals surface area contributed by atoms with Gasteiger partial charge < -0.3 is 10.8 Å². The molecule has 0 spiro atoms. The van der Waals surface area contributed by atoms with Crippen LogP contribution in [0.1, 0.15) is 18.0 Å². The topological polar surface area (TPSA) is 49.5 Å². The lowest BCUT2D eigenvalue weighted by molar-refractivity contribution is 0.160. The Bertz CT molecular complexity index is 341. The highest BCUT2D eigenvalue weighted by molar-refractivity contribution is 9.10. The van der Waals surface area contributed by atoms with Crippen LogP contribution in [0.15, 0.2) is 28.7 Å². The average Bonchev–Trinajstić information content (AvgIpc) is 2.69. The van der Waals surface area contributed by atoms with E-state index in [1.54, 1.807) is 0 Å². The largest absolute Gasteiger partial charge is 0.392 e. The van der Waals surface area contributed by atoms with Gasteiger partial charge in [-0.1, -0.05) is 28.1 Å². The smallest absolute Gasteiger partial charge is 0.0679 e. The lowest BCUT2D eigenvalue weighted by Gasteiger charge is -2.26. The minimum absolute atomic E-state index is 0.190. The summed E-state index contributed by atoms with van der Waals surface area (Å²) in [6, 6.07) is 8.47. The number of nitrogens with two attached hydrogens (primary N) is 1. The van der Waals surface area contributed by atoms with Crippen LogP contribution in [0.3, 0.4) is 0 Å². The van der Waals surface area contributed by atoms with Crippen LogP contribution in [0.25, 0.3) is 0 Å². The quantitative estimate of drug-likeness (QED) is 0.885. The molecular formula is C12H17BrN2O. The number of aliphatic hydroxyl groups is 1. The second-order valence-electron chi connectivity index (χ2n) is 4.24. The highest BCUT2D eigenvalue weighted by Gasteiger charge is 2.26. The lowest BCUT2D eigenvalue weighted by Crippen LogP contribution is -2.32. The zero-order chi connectivity index (χ0) is 11.5. The Balaban J connectivity index is 2.13.